The second-order valence-electron chi connectivity index (χ2n) is 4.42. The second kappa shape index (κ2) is 4.84. The Kier molecular flexibility index (Phi) is 3.46. The molecule has 0 aromatic heterocycles. The molecule has 2 fully saturated rings. The first kappa shape index (κ1) is 10.7. The summed E-state index contributed by atoms with van der Waals surface area (Å²) < 4.78 is 5.25. The van der Waals surface area contributed by atoms with Crippen molar-refractivity contribution in [2.24, 2.45) is 0 Å². The molecule has 0 spiro atoms. The van der Waals surface area contributed by atoms with Crippen molar-refractivity contribution in [1.29, 1.82) is 0 Å². The molecule has 2 rings (SSSR count). The summed E-state index contributed by atoms with van der Waals surface area (Å²) in [5, 5.41) is 0. The summed E-state index contributed by atoms with van der Waals surface area (Å²) >= 11 is 0. The molecule has 0 N–H and O–H groups in total. The number of hydrogen-bond acceptors (Lipinski definition) is 2. The van der Waals surface area contributed by atoms with Crippen LogP contribution < -0.4 is 0 Å². The number of ether oxygens (including phenoxy) is 1. The summed E-state index contributed by atoms with van der Waals surface area (Å²) in [6.45, 7) is 5.96. The van der Waals surface area contributed by atoms with Crippen LogP contribution in [-0.2, 0) is 4.74 Å². The average Bonchev–Trinajstić information content (AvgIpc) is 2.30. The largest absolute Gasteiger partial charge is 0.378 e. The number of likely N-dealkylation sites (tertiary alicyclic amines) is 1. The molecule has 0 aromatic rings. The smallest absolute Gasteiger partial charge is 0.320 e. The maximum atomic E-state index is 12.2. The van der Waals surface area contributed by atoms with Gasteiger partial charge in [0.2, 0.25) is 0 Å². The molecule has 2 amide bonds. The SMILES string of the molecule is C[C@H]1CCCCN1C(=O)N1CCOCC1. The Balaban J connectivity index is 1.92. The molecule has 86 valence electrons. The van der Waals surface area contributed by atoms with E-state index in [1.54, 1.807) is 0 Å². The van der Waals surface area contributed by atoms with Crippen LogP contribution in [0.1, 0.15) is 26.2 Å². The highest BCUT2D eigenvalue weighted by Gasteiger charge is 2.27. The zero-order valence-electron chi connectivity index (χ0n) is 9.45. The highest BCUT2D eigenvalue weighted by molar-refractivity contribution is 5.75. The first-order valence-electron chi connectivity index (χ1n) is 5.92. The van der Waals surface area contributed by atoms with Crippen LogP contribution in [-0.4, -0.2) is 54.7 Å². The second-order valence-corrected chi connectivity index (χ2v) is 4.42. The summed E-state index contributed by atoms with van der Waals surface area (Å²) in [5.41, 5.74) is 0. The van der Waals surface area contributed by atoms with Gasteiger partial charge in [0.05, 0.1) is 13.2 Å². The zero-order valence-corrected chi connectivity index (χ0v) is 9.45. The molecule has 0 aliphatic carbocycles. The van der Waals surface area contributed by atoms with Gasteiger partial charge >= 0.3 is 6.03 Å². The highest BCUT2D eigenvalue weighted by Crippen LogP contribution is 2.18. The molecule has 1 atom stereocenters. The molecule has 0 aromatic carbocycles. The molecule has 2 heterocycles. The quantitative estimate of drug-likeness (QED) is 0.606. The Hall–Kier alpha value is -0.770. The van der Waals surface area contributed by atoms with Gasteiger partial charge in [-0.2, -0.15) is 0 Å². The van der Waals surface area contributed by atoms with Crippen molar-refractivity contribution in [2.75, 3.05) is 32.8 Å². The fourth-order valence-corrected chi connectivity index (χ4v) is 2.32. The molecule has 2 aliphatic heterocycles. The van der Waals surface area contributed by atoms with E-state index in [2.05, 4.69) is 6.92 Å². The van der Waals surface area contributed by atoms with Crippen LogP contribution in [0.5, 0.6) is 0 Å². The maximum Gasteiger partial charge on any atom is 0.320 e. The van der Waals surface area contributed by atoms with Crippen LogP contribution in [0.25, 0.3) is 0 Å². The van der Waals surface area contributed by atoms with Gasteiger partial charge in [0.25, 0.3) is 0 Å². The Labute approximate surface area is 91.2 Å². The normalized spacial score (nSPS) is 27.9. The van der Waals surface area contributed by atoms with Crippen LogP contribution in [0.3, 0.4) is 0 Å². The van der Waals surface area contributed by atoms with Gasteiger partial charge in [0.15, 0.2) is 0 Å². The van der Waals surface area contributed by atoms with Gasteiger partial charge < -0.3 is 14.5 Å². The third-order valence-corrected chi connectivity index (χ3v) is 3.33. The minimum Gasteiger partial charge on any atom is -0.378 e. The number of piperidine rings is 1. The van der Waals surface area contributed by atoms with Gasteiger partial charge in [-0.25, -0.2) is 4.79 Å². The van der Waals surface area contributed by atoms with Gasteiger partial charge in [0, 0.05) is 25.7 Å². The van der Waals surface area contributed by atoms with Crippen LogP contribution in [0, 0.1) is 0 Å². The Morgan fingerprint density at radius 1 is 1.20 bits per heavy atom. The fourth-order valence-electron chi connectivity index (χ4n) is 2.32. The van der Waals surface area contributed by atoms with E-state index in [-0.39, 0.29) is 6.03 Å². The molecule has 2 saturated heterocycles. The van der Waals surface area contributed by atoms with Crippen LogP contribution in [0.15, 0.2) is 0 Å². The maximum absolute atomic E-state index is 12.2. The molecule has 0 radical (unpaired) electrons. The van der Waals surface area contributed by atoms with Gasteiger partial charge in [0.1, 0.15) is 0 Å². The Morgan fingerprint density at radius 2 is 1.93 bits per heavy atom. The van der Waals surface area contributed by atoms with Crippen molar-refractivity contribution >= 4 is 6.03 Å². The van der Waals surface area contributed by atoms with Gasteiger partial charge in [-0.15, -0.1) is 0 Å². The molecule has 0 unspecified atom stereocenters. The molecule has 0 bridgehead atoms. The number of carbonyl (C=O) groups excluding carboxylic acids is 1. The minimum atomic E-state index is 0.213. The number of amides is 2. The van der Waals surface area contributed by atoms with E-state index in [0.29, 0.717) is 19.3 Å². The topological polar surface area (TPSA) is 32.8 Å². The highest BCUT2D eigenvalue weighted by atomic mass is 16.5. The molecular formula is C11H20N2O2. The minimum absolute atomic E-state index is 0.213. The van der Waals surface area contributed by atoms with E-state index >= 15 is 0 Å². The monoisotopic (exact) mass is 212 g/mol. The van der Waals surface area contributed by atoms with E-state index in [1.165, 1.54) is 6.42 Å². The van der Waals surface area contributed by atoms with Crippen molar-refractivity contribution in [2.45, 2.75) is 32.2 Å². The van der Waals surface area contributed by atoms with Crippen molar-refractivity contribution < 1.29 is 9.53 Å². The van der Waals surface area contributed by atoms with Crippen molar-refractivity contribution in [3.8, 4) is 0 Å². The lowest BCUT2D eigenvalue weighted by atomic mass is 10.0. The third kappa shape index (κ3) is 2.43. The van der Waals surface area contributed by atoms with E-state index in [4.69, 9.17) is 4.74 Å². The van der Waals surface area contributed by atoms with Gasteiger partial charge in [-0.05, 0) is 26.2 Å². The molecule has 4 heteroatoms. The molecule has 2 aliphatic rings. The molecular weight excluding hydrogens is 192 g/mol. The molecule has 0 saturated carbocycles. The van der Waals surface area contributed by atoms with E-state index < -0.39 is 0 Å². The average molecular weight is 212 g/mol. The number of nitrogens with zero attached hydrogens (tertiary/aromatic N) is 2. The van der Waals surface area contributed by atoms with Gasteiger partial charge in [-0.1, -0.05) is 0 Å². The van der Waals surface area contributed by atoms with E-state index in [9.17, 15) is 4.79 Å². The van der Waals surface area contributed by atoms with Crippen LogP contribution >= 0.6 is 0 Å². The summed E-state index contributed by atoms with van der Waals surface area (Å²) in [6, 6.07) is 0.625. The van der Waals surface area contributed by atoms with Crippen molar-refractivity contribution in [3.63, 3.8) is 0 Å². The lowest BCUT2D eigenvalue weighted by Gasteiger charge is -2.38. The number of hydrogen-bond donors (Lipinski definition) is 0. The van der Waals surface area contributed by atoms with Crippen molar-refractivity contribution in [3.05, 3.63) is 0 Å². The van der Waals surface area contributed by atoms with Crippen LogP contribution in [0.4, 0.5) is 4.79 Å². The van der Waals surface area contributed by atoms with Gasteiger partial charge in [-0.3, -0.25) is 0 Å². The predicted octanol–water partition coefficient (Wildman–Crippen LogP) is 1.31. The number of carbonyl (C=O) groups is 1. The predicted molar refractivity (Wildman–Crippen MR) is 57.8 cm³/mol. The number of rotatable bonds is 0. The molecule has 15 heavy (non-hydrogen) atoms. The van der Waals surface area contributed by atoms with Crippen LogP contribution in [0.2, 0.25) is 0 Å². The lowest BCUT2D eigenvalue weighted by Crippen LogP contribution is -2.52. The Bertz CT molecular complexity index is 227. The summed E-state index contributed by atoms with van der Waals surface area (Å²) in [5.74, 6) is 0. The van der Waals surface area contributed by atoms with E-state index in [0.717, 1.165) is 32.5 Å². The number of urea groups is 1. The summed E-state index contributed by atoms with van der Waals surface area (Å²) in [7, 11) is 0. The lowest BCUT2D eigenvalue weighted by molar-refractivity contribution is 0.0368. The third-order valence-electron chi connectivity index (χ3n) is 3.33. The molecule has 4 nitrogen and oxygen atoms in total. The summed E-state index contributed by atoms with van der Waals surface area (Å²) in [4.78, 5) is 16.1. The fraction of sp³-hybridized carbons (Fsp3) is 0.909. The Morgan fingerprint density at radius 3 is 2.60 bits per heavy atom. The first-order chi connectivity index (χ1) is 7.29. The van der Waals surface area contributed by atoms with E-state index in [1.807, 2.05) is 9.80 Å². The summed E-state index contributed by atoms with van der Waals surface area (Å²) in [6.07, 6.45) is 3.56. The zero-order chi connectivity index (χ0) is 10.7. The van der Waals surface area contributed by atoms with Crippen molar-refractivity contribution in [1.82, 2.24) is 9.80 Å². The standard InChI is InChI=1S/C11H20N2O2/c1-10-4-2-3-5-13(10)11(14)12-6-8-15-9-7-12/h10H,2-9H2,1H3/t10-/m0/s1. The number of morpholine rings is 1. The first-order valence-corrected chi connectivity index (χ1v) is 5.92.